The van der Waals surface area contributed by atoms with Crippen molar-refractivity contribution in [2.24, 2.45) is 5.73 Å². The van der Waals surface area contributed by atoms with Crippen molar-refractivity contribution in [2.45, 2.75) is 62.3 Å². The van der Waals surface area contributed by atoms with E-state index in [0.29, 0.717) is 0 Å². The molecule has 0 bridgehead atoms. The molecule has 0 amide bonds. The van der Waals surface area contributed by atoms with Gasteiger partial charge in [-0.3, -0.25) is 0 Å². The van der Waals surface area contributed by atoms with Gasteiger partial charge in [0.05, 0.1) is 0 Å². The zero-order chi connectivity index (χ0) is 11.8. The third-order valence-electron chi connectivity index (χ3n) is 5.23. The zero-order valence-electron chi connectivity index (χ0n) is 10.6. The third kappa shape index (κ3) is 1.63. The van der Waals surface area contributed by atoms with Crippen LogP contribution in [0.5, 0.6) is 0 Å². The van der Waals surface area contributed by atoms with Gasteiger partial charge in [0.1, 0.15) is 0 Å². The lowest BCUT2D eigenvalue weighted by atomic mass is 9.63. The van der Waals surface area contributed by atoms with Crippen molar-refractivity contribution in [3.63, 3.8) is 0 Å². The summed E-state index contributed by atoms with van der Waals surface area (Å²) >= 11 is 0. The minimum absolute atomic E-state index is 0.0743. The van der Waals surface area contributed by atoms with E-state index in [-0.39, 0.29) is 11.0 Å². The number of hydrogen-bond donors (Lipinski definition) is 1. The summed E-state index contributed by atoms with van der Waals surface area (Å²) in [6.45, 7) is 0. The van der Waals surface area contributed by atoms with Crippen molar-refractivity contribution >= 4 is 0 Å². The smallest absolute Gasteiger partial charge is 0.0252 e. The van der Waals surface area contributed by atoms with Gasteiger partial charge in [-0.05, 0) is 31.2 Å². The highest BCUT2D eigenvalue weighted by Gasteiger charge is 2.51. The highest BCUT2D eigenvalue weighted by molar-refractivity contribution is 5.33. The fourth-order valence-corrected chi connectivity index (χ4v) is 4.29. The summed E-state index contributed by atoms with van der Waals surface area (Å²) < 4.78 is 0. The Balaban J connectivity index is 2.04. The van der Waals surface area contributed by atoms with Gasteiger partial charge >= 0.3 is 0 Å². The Morgan fingerprint density at radius 1 is 0.765 bits per heavy atom. The van der Waals surface area contributed by atoms with E-state index in [9.17, 15) is 0 Å². The van der Waals surface area contributed by atoms with Crippen LogP contribution in [0.1, 0.15) is 56.9 Å². The molecular weight excluding hydrogens is 206 g/mol. The molecule has 2 fully saturated rings. The van der Waals surface area contributed by atoms with E-state index in [2.05, 4.69) is 30.3 Å². The molecule has 1 aromatic carbocycles. The predicted octanol–water partition coefficient (Wildman–Crippen LogP) is 3.77. The van der Waals surface area contributed by atoms with Crippen molar-refractivity contribution in [1.82, 2.24) is 0 Å². The summed E-state index contributed by atoms with van der Waals surface area (Å²) in [5.74, 6) is 0. The summed E-state index contributed by atoms with van der Waals surface area (Å²) in [7, 11) is 0. The first-order valence-corrected chi connectivity index (χ1v) is 7.11. The second-order valence-electron chi connectivity index (χ2n) is 6.02. The van der Waals surface area contributed by atoms with E-state index in [0.717, 1.165) is 0 Å². The first-order chi connectivity index (χ1) is 8.27. The Labute approximate surface area is 104 Å². The van der Waals surface area contributed by atoms with Gasteiger partial charge < -0.3 is 5.73 Å². The average Bonchev–Trinajstić information content (AvgIpc) is 3.00. The number of benzene rings is 1. The first-order valence-electron chi connectivity index (χ1n) is 7.11. The maximum atomic E-state index is 6.83. The highest BCUT2D eigenvalue weighted by Crippen LogP contribution is 2.53. The first kappa shape index (κ1) is 11.3. The Hall–Kier alpha value is -0.820. The van der Waals surface area contributed by atoms with E-state index < -0.39 is 0 Å². The zero-order valence-corrected chi connectivity index (χ0v) is 10.6. The Bertz CT molecular complexity index is 370. The molecule has 2 N–H and O–H groups in total. The average molecular weight is 229 g/mol. The fraction of sp³-hybridized carbons (Fsp3) is 0.625. The Morgan fingerprint density at radius 3 is 1.88 bits per heavy atom. The molecule has 0 radical (unpaired) electrons. The van der Waals surface area contributed by atoms with Gasteiger partial charge in [-0.25, -0.2) is 0 Å². The lowest BCUT2D eigenvalue weighted by Gasteiger charge is -2.45. The van der Waals surface area contributed by atoms with Crippen molar-refractivity contribution in [2.75, 3.05) is 0 Å². The van der Waals surface area contributed by atoms with E-state index in [1.807, 2.05) is 0 Å². The molecule has 1 aromatic rings. The minimum atomic E-state index is 0.0743. The Morgan fingerprint density at radius 2 is 1.29 bits per heavy atom. The molecule has 2 saturated carbocycles. The summed E-state index contributed by atoms with van der Waals surface area (Å²) in [6, 6.07) is 11.1. The summed E-state index contributed by atoms with van der Waals surface area (Å²) in [5, 5.41) is 0. The van der Waals surface area contributed by atoms with Crippen LogP contribution in [0.4, 0.5) is 0 Å². The van der Waals surface area contributed by atoms with Crippen LogP contribution in [0.2, 0.25) is 0 Å². The normalized spacial score (nSPS) is 26.2. The molecule has 92 valence electrons. The van der Waals surface area contributed by atoms with Gasteiger partial charge in [-0.15, -0.1) is 0 Å². The molecule has 2 aliphatic rings. The molecule has 0 spiro atoms. The van der Waals surface area contributed by atoms with Gasteiger partial charge in [-0.1, -0.05) is 56.0 Å². The van der Waals surface area contributed by atoms with E-state index in [1.165, 1.54) is 56.9 Å². The van der Waals surface area contributed by atoms with Crippen LogP contribution < -0.4 is 5.73 Å². The molecule has 1 heteroatoms. The molecule has 0 aromatic heterocycles. The quantitative estimate of drug-likeness (QED) is 0.820. The van der Waals surface area contributed by atoms with E-state index in [1.54, 1.807) is 0 Å². The monoisotopic (exact) mass is 229 g/mol. The van der Waals surface area contributed by atoms with Gasteiger partial charge in [0.2, 0.25) is 0 Å². The molecule has 0 unspecified atom stereocenters. The van der Waals surface area contributed by atoms with Gasteiger partial charge in [-0.2, -0.15) is 0 Å². The second-order valence-corrected chi connectivity index (χ2v) is 6.02. The molecule has 0 aliphatic heterocycles. The van der Waals surface area contributed by atoms with Gasteiger partial charge in [0.15, 0.2) is 0 Å². The molecule has 0 atom stereocenters. The summed E-state index contributed by atoms with van der Waals surface area (Å²) in [6.07, 6.45) is 10.4. The molecule has 2 aliphatic carbocycles. The largest absolute Gasteiger partial charge is 0.324 e. The van der Waals surface area contributed by atoms with Crippen molar-refractivity contribution in [1.29, 1.82) is 0 Å². The second kappa shape index (κ2) is 4.13. The standard InChI is InChI=1S/C16H23N/c17-16(12-6-7-13-16)15(10-4-5-11-15)14-8-2-1-3-9-14/h1-3,8-9H,4-7,10-13,17H2. The van der Waals surface area contributed by atoms with Crippen LogP contribution in [0, 0.1) is 0 Å². The Kier molecular flexibility index (Phi) is 2.74. The van der Waals surface area contributed by atoms with Crippen molar-refractivity contribution < 1.29 is 0 Å². The van der Waals surface area contributed by atoms with Crippen LogP contribution in [-0.2, 0) is 5.41 Å². The van der Waals surface area contributed by atoms with Crippen LogP contribution in [0.25, 0.3) is 0 Å². The lowest BCUT2D eigenvalue weighted by Crippen LogP contribution is -2.55. The summed E-state index contributed by atoms with van der Waals surface area (Å²) in [4.78, 5) is 0. The van der Waals surface area contributed by atoms with Gasteiger partial charge in [0, 0.05) is 11.0 Å². The molecule has 17 heavy (non-hydrogen) atoms. The summed E-state index contributed by atoms with van der Waals surface area (Å²) in [5.41, 5.74) is 8.69. The molecule has 3 rings (SSSR count). The number of hydrogen-bond acceptors (Lipinski definition) is 1. The maximum absolute atomic E-state index is 6.83. The number of nitrogens with two attached hydrogens (primary N) is 1. The van der Waals surface area contributed by atoms with Crippen LogP contribution in [0.3, 0.4) is 0 Å². The highest BCUT2D eigenvalue weighted by atomic mass is 14.8. The molecule has 0 heterocycles. The lowest BCUT2D eigenvalue weighted by molar-refractivity contribution is 0.222. The van der Waals surface area contributed by atoms with Crippen molar-refractivity contribution in [3.05, 3.63) is 35.9 Å². The maximum Gasteiger partial charge on any atom is 0.0252 e. The topological polar surface area (TPSA) is 26.0 Å². The molecule has 1 nitrogen and oxygen atoms in total. The van der Waals surface area contributed by atoms with Gasteiger partial charge in [0.25, 0.3) is 0 Å². The number of rotatable bonds is 2. The third-order valence-corrected chi connectivity index (χ3v) is 5.23. The SMILES string of the molecule is NC1(C2(c3ccccc3)CCCC2)CCCC1. The van der Waals surface area contributed by atoms with Crippen LogP contribution >= 0.6 is 0 Å². The van der Waals surface area contributed by atoms with E-state index in [4.69, 9.17) is 5.73 Å². The minimum Gasteiger partial charge on any atom is -0.324 e. The molecular formula is C16H23N. The van der Waals surface area contributed by atoms with Crippen molar-refractivity contribution in [3.8, 4) is 0 Å². The molecule has 0 saturated heterocycles. The van der Waals surface area contributed by atoms with Crippen LogP contribution in [-0.4, -0.2) is 5.54 Å². The predicted molar refractivity (Wildman–Crippen MR) is 72.0 cm³/mol. The van der Waals surface area contributed by atoms with E-state index >= 15 is 0 Å². The fourth-order valence-electron chi connectivity index (χ4n) is 4.29. The van der Waals surface area contributed by atoms with Crippen LogP contribution in [0.15, 0.2) is 30.3 Å².